The zero-order valence-electron chi connectivity index (χ0n) is 9.99. The first-order valence-electron chi connectivity index (χ1n) is 5.30. The van der Waals surface area contributed by atoms with Gasteiger partial charge < -0.3 is 0 Å². The van der Waals surface area contributed by atoms with Crippen LogP contribution in [-0.2, 0) is 0 Å². The summed E-state index contributed by atoms with van der Waals surface area (Å²) in [6.07, 6.45) is 1.75. The van der Waals surface area contributed by atoms with Gasteiger partial charge in [0.1, 0.15) is 5.03 Å². The average molecular weight is 265 g/mol. The summed E-state index contributed by atoms with van der Waals surface area (Å²) in [4.78, 5) is 9.43. The molecule has 0 fully saturated rings. The molecule has 0 amide bonds. The molecular weight excluding hydrogens is 252 g/mol. The molecule has 0 radical (unpaired) electrons. The Morgan fingerprint density at radius 2 is 1.88 bits per heavy atom. The SMILES string of the molecule is Cc1ccc(C)c(Sc2nc(Cl)ncc2C)c1. The van der Waals surface area contributed by atoms with Gasteiger partial charge >= 0.3 is 0 Å². The minimum atomic E-state index is 0.295. The molecule has 2 aromatic rings. The number of aryl methyl sites for hydroxylation is 3. The number of aromatic nitrogens is 2. The summed E-state index contributed by atoms with van der Waals surface area (Å²) in [7, 11) is 0. The van der Waals surface area contributed by atoms with Gasteiger partial charge in [-0.3, -0.25) is 0 Å². The third kappa shape index (κ3) is 2.99. The first-order chi connectivity index (χ1) is 8.06. The van der Waals surface area contributed by atoms with Crippen LogP contribution in [0.15, 0.2) is 34.3 Å². The van der Waals surface area contributed by atoms with Gasteiger partial charge in [-0.25, -0.2) is 9.97 Å². The monoisotopic (exact) mass is 264 g/mol. The molecule has 88 valence electrons. The first-order valence-corrected chi connectivity index (χ1v) is 6.50. The van der Waals surface area contributed by atoms with Crippen molar-refractivity contribution in [3.8, 4) is 0 Å². The first kappa shape index (κ1) is 12.4. The van der Waals surface area contributed by atoms with Crippen molar-refractivity contribution in [3.05, 3.63) is 46.4 Å². The summed E-state index contributed by atoms with van der Waals surface area (Å²) in [5.41, 5.74) is 3.53. The Kier molecular flexibility index (Phi) is 3.69. The molecule has 0 saturated heterocycles. The number of benzene rings is 1. The van der Waals surface area contributed by atoms with E-state index in [9.17, 15) is 0 Å². The molecular formula is C13H13ClN2S. The van der Waals surface area contributed by atoms with Crippen LogP contribution in [-0.4, -0.2) is 9.97 Å². The van der Waals surface area contributed by atoms with E-state index in [2.05, 4.69) is 42.0 Å². The Hall–Kier alpha value is -1.06. The van der Waals surface area contributed by atoms with Crippen LogP contribution in [0, 0.1) is 20.8 Å². The van der Waals surface area contributed by atoms with Crippen molar-refractivity contribution in [2.45, 2.75) is 30.7 Å². The lowest BCUT2D eigenvalue weighted by Crippen LogP contribution is -1.90. The lowest BCUT2D eigenvalue weighted by Gasteiger charge is -2.08. The fraction of sp³-hybridized carbons (Fsp3) is 0.231. The molecule has 0 aliphatic rings. The van der Waals surface area contributed by atoms with Crippen molar-refractivity contribution in [3.63, 3.8) is 0 Å². The molecule has 0 spiro atoms. The molecule has 0 saturated carbocycles. The Bertz CT molecular complexity index is 506. The average Bonchev–Trinajstić information content (AvgIpc) is 2.28. The van der Waals surface area contributed by atoms with Crippen LogP contribution in [0.5, 0.6) is 0 Å². The molecule has 2 nitrogen and oxygen atoms in total. The number of nitrogens with zero attached hydrogens (tertiary/aromatic N) is 2. The van der Waals surface area contributed by atoms with E-state index in [0.29, 0.717) is 5.28 Å². The van der Waals surface area contributed by atoms with Crippen molar-refractivity contribution in [2.75, 3.05) is 0 Å². The molecule has 0 aliphatic heterocycles. The van der Waals surface area contributed by atoms with Gasteiger partial charge in [-0.05, 0) is 49.6 Å². The fourth-order valence-electron chi connectivity index (χ4n) is 1.43. The summed E-state index contributed by atoms with van der Waals surface area (Å²) in [5.74, 6) is 0. The number of hydrogen-bond donors (Lipinski definition) is 0. The van der Waals surface area contributed by atoms with Gasteiger partial charge in [0.2, 0.25) is 5.28 Å². The molecule has 0 unspecified atom stereocenters. The van der Waals surface area contributed by atoms with Crippen LogP contribution >= 0.6 is 23.4 Å². The Morgan fingerprint density at radius 1 is 1.12 bits per heavy atom. The van der Waals surface area contributed by atoms with E-state index in [1.54, 1.807) is 18.0 Å². The van der Waals surface area contributed by atoms with Crippen molar-refractivity contribution in [1.82, 2.24) is 9.97 Å². The third-order valence-electron chi connectivity index (χ3n) is 2.45. The molecule has 0 aliphatic carbocycles. The maximum Gasteiger partial charge on any atom is 0.223 e. The van der Waals surface area contributed by atoms with Gasteiger partial charge in [0.05, 0.1) is 0 Å². The Balaban J connectivity index is 2.37. The molecule has 4 heteroatoms. The third-order valence-corrected chi connectivity index (χ3v) is 3.89. The second-order valence-electron chi connectivity index (χ2n) is 4.00. The van der Waals surface area contributed by atoms with E-state index in [0.717, 1.165) is 10.6 Å². The van der Waals surface area contributed by atoms with E-state index in [-0.39, 0.29) is 0 Å². The van der Waals surface area contributed by atoms with Crippen LogP contribution in [0.3, 0.4) is 0 Å². The van der Waals surface area contributed by atoms with Crippen LogP contribution in [0.4, 0.5) is 0 Å². The van der Waals surface area contributed by atoms with Gasteiger partial charge in [-0.15, -0.1) is 0 Å². The Morgan fingerprint density at radius 3 is 2.65 bits per heavy atom. The largest absolute Gasteiger partial charge is 0.226 e. The number of rotatable bonds is 2. The molecule has 0 bridgehead atoms. The van der Waals surface area contributed by atoms with E-state index < -0.39 is 0 Å². The fourth-order valence-corrected chi connectivity index (χ4v) is 2.64. The van der Waals surface area contributed by atoms with E-state index >= 15 is 0 Å². The van der Waals surface area contributed by atoms with Crippen molar-refractivity contribution < 1.29 is 0 Å². The second-order valence-corrected chi connectivity index (χ2v) is 5.37. The van der Waals surface area contributed by atoms with Crippen LogP contribution in [0.25, 0.3) is 0 Å². The smallest absolute Gasteiger partial charge is 0.223 e. The zero-order chi connectivity index (χ0) is 12.4. The Labute approximate surface area is 110 Å². The van der Waals surface area contributed by atoms with E-state index in [4.69, 9.17) is 11.6 Å². The zero-order valence-corrected chi connectivity index (χ0v) is 11.6. The molecule has 2 rings (SSSR count). The van der Waals surface area contributed by atoms with Gasteiger partial charge in [-0.1, -0.05) is 23.9 Å². The standard InChI is InChI=1S/C13H13ClN2S/c1-8-4-5-9(2)11(6-8)17-12-10(3)7-15-13(14)16-12/h4-7H,1-3H3. The van der Waals surface area contributed by atoms with Crippen molar-refractivity contribution in [1.29, 1.82) is 0 Å². The summed E-state index contributed by atoms with van der Waals surface area (Å²) in [5, 5.41) is 1.21. The summed E-state index contributed by atoms with van der Waals surface area (Å²) in [6, 6.07) is 6.39. The molecule has 0 N–H and O–H groups in total. The lowest BCUT2D eigenvalue weighted by molar-refractivity contribution is 1.00. The summed E-state index contributed by atoms with van der Waals surface area (Å²) in [6.45, 7) is 6.17. The topological polar surface area (TPSA) is 25.8 Å². The van der Waals surface area contributed by atoms with Crippen molar-refractivity contribution in [2.24, 2.45) is 0 Å². The lowest BCUT2D eigenvalue weighted by atomic mass is 10.2. The van der Waals surface area contributed by atoms with Gasteiger partial charge in [0.25, 0.3) is 0 Å². The van der Waals surface area contributed by atoms with Crippen LogP contribution < -0.4 is 0 Å². The van der Waals surface area contributed by atoms with E-state index in [1.807, 2.05) is 6.92 Å². The van der Waals surface area contributed by atoms with Gasteiger partial charge in [0, 0.05) is 16.7 Å². The minimum absolute atomic E-state index is 0.295. The molecule has 1 heterocycles. The van der Waals surface area contributed by atoms with Crippen LogP contribution in [0.2, 0.25) is 5.28 Å². The highest BCUT2D eigenvalue weighted by atomic mass is 35.5. The maximum absolute atomic E-state index is 5.82. The second kappa shape index (κ2) is 5.07. The highest BCUT2D eigenvalue weighted by Gasteiger charge is 2.07. The molecule has 17 heavy (non-hydrogen) atoms. The van der Waals surface area contributed by atoms with Gasteiger partial charge in [0.15, 0.2) is 0 Å². The quantitative estimate of drug-likeness (QED) is 0.600. The predicted octanol–water partition coefficient (Wildman–Crippen LogP) is 4.21. The summed E-state index contributed by atoms with van der Waals surface area (Å²) >= 11 is 7.45. The highest BCUT2D eigenvalue weighted by molar-refractivity contribution is 7.99. The number of halogens is 1. The molecule has 1 aromatic heterocycles. The maximum atomic E-state index is 5.82. The normalized spacial score (nSPS) is 10.6. The van der Waals surface area contributed by atoms with Crippen molar-refractivity contribution >= 4 is 23.4 Å². The van der Waals surface area contributed by atoms with Gasteiger partial charge in [-0.2, -0.15) is 0 Å². The van der Waals surface area contributed by atoms with E-state index in [1.165, 1.54) is 16.0 Å². The molecule has 0 atom stereocenters. The van der Waals surface area contributed by atoms with Crippen LogP contribution in [0.1, 0.15) is 16.7 Å². The molecule has 1 aromatic carbocycles. The predicted molar refractivity (Wildman–Crippen MR) is 71.8 cm³/mol. The highest BCUT2D eigenvalue weighted by Crippen LogP contribution is 2.31. The number of hydrogen-bond acceptors (Lipinski definition) is 3. The summed E-state index contributed by atoms with van der Waals surface area (Å²) < 4.78 is 0. The minimum Gasteiger partial charge on any atom is -0.226 e.